The quantitative estimate of drug-likeness (QED) is 0.642. The number of ether oxygens (including phenoxy) is 1. The number of rotatable bonds is 4. The van der Waals surface area contributed by atoms with Crippen molar-refractivity contribution < 1.29 is 14.6 Å². The number of phenols is 1. The number of nitrogens with zero attached hydrogens (tertiary/aromatic N) is 2. The molecular weight excluding hydrogens is 382 g/mol. The Labute approximate surface area is 163 Å². The molecule has 6 nitrogen and oxygen atoms in total. The van der Waals surface area contributed by atoms with E-state index in [4.69, 9.17) is 4.74 Å². The number of thioether (sulfide) groups is 1. The van der Waals surface area contributed by atoms with Crippen LogP contribution in [-0.2, 0) is 4.79 Å². The Bertz CT molecular complexity index is 1060. The van der Waals surface area contributed by atoms with Gasteiger partial charge in [0.2, 0.25) is 5.13 Å². The number of para-hydroxylation sites is 1. The van der Waals surface area contributed by atoms with E-state index in [1.807, 2.05) is 31.2 Å². The van der Waals surface area contributed by atoms with Crippen molar-refractivity contribution >= 4 is 55.6 Å². The van der Waals surface area contributed by atoms with E-state index in [1.54, 1.807) is 24.3 Å². The molecule has 1 amide bonds. The van der Waals surface area contributed by atoms with Crippen molar-refractivity contribution in [2.75, 3.05) is 6.61 Å². The second-order valence-electron chi connectivity index (χ2n) is 5.61. The summed E-state index contributed by atoms with van der Waals surface area (Å²) in [5, 5.41) is 13.6. The molecule has 3 aromatic rings. The summed E-state index contributed by atoms with van der Waals surface area (Å²) in [6.07, 6.45) is 1.74. The number of amidine groups is 1. The lowest BCUT2D eigenvalue weighted by Crippen LogP contribution is -2.19. The van der Waals surface area contributed by atoms with Gasteiger partial charge >= 0.3 is 0 Å². The molecule has 0 bridgehead atoms. The SMILES string of the molecule is CCOc1cc(/C=C2\S/C(=N/c3nc4ccccc4s3)NC2=O)ccc1O. The first-order valence-corrected chi connectivity index (χ1v) is 9.86. The molecule has 0 unspecified atom stereocenters. The van der Waals surface area contributed by atoms with Crippen LogP contribution < -0.4 is 10.1 Å². The van der Waals surface area contributed by atoms with Crippen molar-refractivity contribution in [1.29, 1.82) is 0 Å². The average molecular weight is 397 g/mol. The van der Waals surface area contributed by atoms with E-state index in [-0.39, 0.29) is 11.7 Å². The molecule has 1 aromatic heterocycles. The maximum absolute atomic E-state index is 12.3. The lowest BCUT2D eigenvalue weighted by atomic mass is 10.2. The van der Waals surface area contributed by atoms with Crippen LogP contribution in [0.25, 0.3) is 16.3 Å². The number of aromatic nitrogens is 1. The fourth-order valence-electron chi connectivity index (χ4n) is 2.52. The fraction of sp³-hybridized carbons (Fsp3) is 0.105. The molecule has 0 aliphatic carbocycles. The molecule has 8 heteroatoms. The van der Waals surface area contributed by atoms with Gasteiger partial charge in [0.05, 0.1) is 21.7 Å². The molecule has 2 N–H and O–H groups in total. The Morgan fingerprint density at radius 1 is 1.30 bits per heavy atom. The highest BCUT2D eigenvalue weighted by Gasteiger charge is 2.24. The minimum Gasteiger partial charge on any atom is -0.504 e. The van der Waals surface area contributed by atoms with Gasteiger partial charge in [-0.05, 0) is 54.6 Å². The first-order chi connectivity index (χ1) is 13.1. The third-order valence-corrected chi connectivity index (χ3v) is 5.55. The number of aliphatic imine (C=N–C) groups is 1. The topological polar surface area (TPSA) is 83.8 Å². The highest BCUT2D eigenvalue weighted by atomic mass is 32.2. The number of carbonyl (C=O) groups is 1. The first-order valence-electron chi connectivity index (χ1n) is 8.23. The van der Waals surface area contributed by atoms with E-state index in [0.29, 0.717) is 27.6 Å². The molecule has 2 aromatic carbocycles. The van der Waals surface area contributed by atoms with E-state index in [9.17, 15) is 9.90 Å². The molecule has 0 atom stereocenters. The molecule has 4 rings (SSSR count). The summed E-state index contributed by atoms with van der Waals surface area (Å²) in [6, 6.07) is 12.8. The van der Waals surface area contributed by atoms with Gasteiger partial charge in [0.15, 0.2) is 16.7 Å². The highest BCUT2D eigenvalue weighted by molar-refractivity contribution is 8.18. The molecule has 136 valence electrons. The third kappa shape index (κ3) is 3.81. The van der Waals surface area contributed by atoms with E-state index in [2.05, 4.69) is 15.3 Å². The van der Waals surface area contributed by atoms with Crippen molar-refractivity contribution in [3.05, 3.63) is 52.9 Å². The number of thiazole rings is 1. The van der Waals surface area contributed by atoms with E-state index < -0.39 is 0 Å². The van der Waals surface area contributed by atoms with E-state index in [1.165, 1.54) is 23.1 Å². The van der Waals surface area contributed by atoms with Crippen LogP contribution in [-0.4, -0.2) is 27.8 Å². The van der Waals surface area contributed by atoms with E-state index >= 15 is 0 Å². The molecule has 1 saturated heterocycles. The molecular formula is C19H15N3O3S2. The molecule has 0 saturated carbocycles. The minimum atomic E-state index is -0.217. The zero-order chi connectivity index (χ0) is 18.8. The number of nitrogens with one attached hydrogen (secondary N) is 1. The maximum atomic E-state index is 12.3. The van der Waals surface area contributed by atoms with Crippen LogP contribution in [0.15, 0.2) is 52.4 Å². The van der Waals surface area contributed by atoms with Crippen molar-refractivity contribution in [3.8, 4) is 11.5 Å². The van der Waals surface area contributed by atoms with Gasteiger partial charge < -0.3 is 15.2 Å². The molecule has 1 fully saturated rings. The summed E-state index contributed by atoms with van der Waals surface area (Å²) < 4.78 is 6.43. The van der Waals surface area contributed by atoms with Crippen molar-refractivity contribution in [2.24, 2.45) is 4.99 Å². The Kier molecular flexibility index (Phi) is 4.83. The summed E-state index contributed by atoms with van der Waals surface area (Å²) in [5.74, 6) is 0.241. The van der Waals surface area contributed by atoms with Gasteiger partial charge in [0.1, 0.15) is 0 Å². The predicted octanol–water partition coefficient (Wildman–Crippen LogP) is 4.29. The zero-order valence-corrected chi connectivity index (χ0v) is 15.9. The summed E-state index contributed by atoms with van der Waals surface area (Å²) >= 11 is 2.73. The third-order valence-electron chi connectivity index (χ3n) is 3.71. The normalized spacial score (nSPS) is 17.0. The number of hydrogen-bond acceptors (Lipinski definition) is 7. The summed E-state index contributed by atoms with van der Waals surface area (Å²) in [6.45, 7) is 2.29. The van der Waals surface area contributed by atoms with Crippen LogP contribution in [0.3, 0.4) is 0 Å². The first kappa shape index (κ1) is 17.6. The number of fused-ring (bicyclic) bond motifs is 1. The predicted molar refractivity (Wildman–Crippen MR) is 110 cm³/mol. The number of aromatic hydroxyl groups is 1. The summed E-state index contributed by atoms with van der Waals surface area (Å²) in [5.41, 5.74) is 1.65. The zero-order valence-electron chi connectivity index (χ0n) is 14.3. The van der Waals surface area contributed by atoms with Gasteiger partial charge in [-0.3, -0.25) is 4.79 Å². The molecule has 1 aliphatic rings. The van der Waals surface area contributed by atoms with Crippen LogP contribution in [0.4, 0.5) is 5.13 Å². The Morgan fingerprint density at radius 3 is 2.96 bits per heavy atom. The maximum Gasteiger partial charge on any atom is 0.264 e. The van der Waals surface area contributed by atoms with Gasteiger partial charge in [-0.25, -0.2) is 4.98 Å². The van der Waals surface area contributed by atoms with Gasteiger partial charge in [-0.15, -0.1) is 0 Å². The molecule has 0 radical (unpaired) electrons. The van der Waals surface area contributed by atoms with Crippen molar-refractivity contribution in [2.45, 2.75) is 6.92 Å². The largest absolute Gasteiger partial charge is 0.504 e. The Hall–Kier alpha value is -2.84. The molecule has 2 heterocycles. The average Bonchev–Trinajstić information content (AvgIpc) is 3.21. The number of amides is 1. The standard InChI is InChI=1S/C19H15N3O3S2/c1-2-25-14-9-11(7-8-13(14)23)10-16-17(24)21-19(27-16)22-18-20-12-5-3-4-6-15(12)26-18/h3-10,23H,2H2,1H3,(H,20,21,22,24)/b16-10-. The summed E-state index contributed by atoms with van der Waals surface area (Å²) in [4.78, 5) is 21.7. The number of hydrogen-bond donors (Lipinski definition) is 2. The van der Waals surface area contributed by atoms with Crippen molar-refractivity contribution in [1.82, 2.24) is 10.3 Å². The lowest BCUT2D eigenvalue weighted by molar-refractivity contribution is -0.115. The van der Waals surface area contributed by atoms with Crippen LogP contribution in [0.5, 0.6) is 11.5 Å². The molecule has 0 spiro atoms. The second-order valence-corrected chi connectivity index (χ2v) is 7.65. The summed E-state index contributed by atoms with van der Waals surface area (Å²) in [7, 11) is 0. The van der Waals surface area contributed by atoms with Crippen LogP contribution in [0.2, 0.25) is 0 Å². The fourth-order valence-corrected chi connectivity index (χ4v) is 4.24. The number of phenolic OH excluding ortho intramolecular Hbond substituents is 1. The number of carbonyl (C=O) groups excluding carboxylic acids is 1. The lowest BCUT2D eigenvalue weighted by Gasteiger charge is -2.06. The van der Waals surface area contributed by atoms with Gasteiger partial charge in [-0.1, -0.05) is 29.5 Å². The Morgan fingerprint density at radius 2 is 2.15 bits per heavy atom. The van der Waals surface area contributed by atoms with Crippen molar-refractivity contribution in [3.63, 3.8) is 0 Å². The van der Waals surface area contributed by atoms with Gasteiger partial charge in [0.25, 0.3) is 5.91 Å². The van der Waals surface area contributed by atoms with Gasteiger partial charge in [0, 0.05) is 0 Å². The van der Waals surface area contributed by atoms with Crippen LogP contribution in [0, 0.1) is 0 Å². The molecule has 27 heavy (non-hydrogen) atoms. The van der Waals surface area contributed by atoms with E-state index in [0.717, 1.165) is 15.8 Å². The van der Waals surface area contributed by atoms with Gasteiger partial charge in [-0.2, -0.15) is 4.99 Å². The molecule has 1 aliphatic heterocycles. The van der Waals surface area contributed by atoms with Crippen LogP contribution in [0.1, 0.15) is 12.5 Å². The second kappa shape index (κ2) is 7.42. The number of benzene rings is 2. The minimum absolute atomic E-state index is 0.0700. The highest BCUT2D eigenvalue weighted by Crippen LogP contribution is 2.33. The smallest absolute Gasteiger partial charge is 0.264 e. The monoisotopic (exact) mass is 397 g/mol. The van der Waals surface area contributed by atoms with Crippen LogP contribution >= 0.6 is 23.1 Å². The Balaban J connectivity index is 1.58.